The van der Waals surface area contributed by atoms with Crippen molar-refractivity contribution in [2.75, 3.05) is 0 Å². The van der Waals surface area contributed by atoms with E-state index in [9.17, 15) is 0 Å². The van der Waals surface area contributed by atoms with Crippen molar-refractivity contribution in [2.24, 2.45) is 0 Å². The van der Waals surface area contributed by atoms with Crippen molar-refractivity contribution < 1.29 is 0 Å². The van der Waals surface area contributed by atoms with Gasteiger partial charge < -0.3 is 0 Å². The predicted molar refractivity (Wildman–Crippen MR) is 39.9 cm³/mol. The Labute approximate surface area is 60.3 Å². The molecule has 0 spiro atoms. The van der Waals surface area contributed by atoms with E-state index in [0.29, 0.717) is 0 Å². The standard InChI is InChI=1S/C6H10N2S/c1-3-8-5(2)6(9)4-7-8/h4,9H,3H2,1-2H3. The van der Waals surface area contributed by atoms with Crippen molar-refractivity contribution >= 4 is 12.6 Å². The predicted octanol–water partition coefficient (Wildman–Crippen LogP) is 1.50. The van der Waals surface area contributed by atoms with Gasteiger partial charge >= 0.3 is 0 Å². The highest BCUT2D eigenvalue weighted by molar-refractivity contribution is 7.80. The Morgan fingerprint density at radius 2 is 2.44 bits per heavy atom. The molecule has 0 aliphatic carbocycles. The number of hydrogen-bond acceptors (Lipinski definition) is 2. The molecule has 1 aromatic rings. The molecule has 0 aromatic carbocycles. The molecule has 0 saturated carbocycles. The number of nitrogens with zero attached hydrogens (tertiary/aromatic N) is 2. The van der Waals surface area contributed by atoms with Gasteiger partial charge in [0.1, 0.15) is 0 Å². The maximum atomic E-state index is 4.19. The van der Waals surface area contributed by atoms with E-state index in [1.807, 2.05) is 11.6 Å². The zero-order valence-electron chi connectivity index (χ0n) is 5.63. The Hall–Kier alpha value is -0.440. The molecule has 2 nitrogen and oxygen atoms in total. The van der Waals surface area contributed by atoms with E-state index in [0.717, 1.165) is 17.1 Å². The van der Waals surface area contributed by atoms with Crippen LogP contribution in [0.25, 0.3) is 0 Å². The quantitative estimate of drug-likeness (QED) is 0.588. The van der Waals surface area contributed by atoms with Crippen LogP contribution in [0.3, 0.4) is 0 Å². The molecule has 0 aliphatic heterocycles. The second-order valence-electron chi connectivity index (χ2n) is 1.93. The normalized spacial score (nSPS) is 10.1. The molecule has 1 heterocycles. The molecule has 0 saturated heterocycles. The summed E-state index contributed by atoms with van der Waals surface area (Å²) >= 11 is 4.19. The maximum absolute atomic E-state index is 4.19. The van der Waals surface area contributed by atoms with Crippen LogP contribution >= 0.6 is 12.6 Å². The van der Waals surface area contributed by atoms with Crippen molar-refractivity contribution in [3.8, 4) is 0 Å². The van der Waals surface area contributed by atoms with E-state index in [-0.39, 0.29) is 0 Å². The molecular weight excluding hydrogens is 132 g/mol. The summed E-state index contributed by atoms with van der Waals surface area (Å²) in [5.41, 5.74) is 1.14. The smallest absolute Gasteiger partial charge is 0.0626 e. The van der Waals surface area contributed by atoms with E-state index in [1.54, 1.807) is 6.20 Å². The van der Waals surface area contributed by atoms with Crippen LogP contribution in [0.5, 0.6) is 0 Å². The Balaban J connectivity index is 3.04. The molecule has 0 amide bonds. The van der Waals surface area contributed by atoms with Gasteiger partial charge in [0.15, 0.2) is 0 Å². The fraction of sp³-hybridized carbons (Fsp3) is 0.500. The zero-order valence-corrected chi connectivity index (χ0v) is 6.52. The van der Waals surface area contributed by atoms with Crippen molar-refractivity contribution in [3.63, 3.8) is 0 Å². The summed E-state index contributed by atoms with van der Waals surface area (Å²) in [5, 5.41) is 4.07. The van der Waals surface area contributed by atoms with E-state index in [1.165, 1.54) is 0 Å². The number of aromatic nitrogens is 2. The first kappa shape index (κ1) is 6.68. The fourth-order valence-electron chi connectivity index (χ4n) is 0.755. The molecule has 9 heavy (non-hydrogen) atoms. The van der Waals surface area contributed by atoms with Crippen molar-refractivity contribution in [3.05, 3.63) is 11.9 Å². The minimum absolute atomic E-state index is 0.923. The Kier molecular flexibility index (Phi) is 1.81. The highest BCUT2D eigenvalue weighted by Crippen LogP contribution is 2.09. The summed E-state index contributed by atoms with van der Waals surface area (Å²) in [6, 6.07) is 0. The summed E-state index contributed by atoms with van der Waals surface area (Å²) < 4.78 is 1.92. The molecular formula is C6H10N2S. The Morgan fingerprint density at radius 3 is 2.67 bits per heavy atom. The lowest BCUT2D eigenvalue weighted by Gasteiger charge is -1.96. The van der Waals surface area contributed by atoms with Gasteiger partial charge in [0.25, 0.3) is 0 Å². The van der Waals surface area contributed by atoms with E-state index >= 15 is 0 Å². The van der Waals surface area contributed by atoms with E-state index in [4.69, 9.17) is 0 Å². The van der Waals surface area contributed by atoms with Gasteiger partial charge in [-0.1, -0.05) is 0 Å². The Morgan fingerprint density at radius 1 is 1.78 bits per heavy atom. The SMILES string of the molecule is CCn1ncc(S)c1C. The van der Waals surface area contributed by atoms with Crippen molar-refractivity contribution in [2.45, 2.75) is 25.3 Å². The van der Waals surface area contributed by atoms with Crippen molar-refractivity contribution in [1.82, 2.24) is 9.78 Å². The minimum Gasteiger partial charge on any atom is -0.269 e. The average molecular weight is 142 g/mol. The van der Waals surface area contributed by atoms with Crippen LogP contribution in [0, 0.1) is 6.92 Å². The topological polar surface area (TPSA) is 17.8 Å². The van der Waals surface area contributed by atoms with Gasteiger partial charge in [-0.2, -0.15) is 5.10 Å². The first-order valence-corrected chi connectivity index (χ1v) is 3.41. The highest BCUT2D eigenvalue weighted by Gasteiger charge is 1.97. The average Bonchev–Trinajstić information content (AvgIpc) is 2.15. The summed E-state index contributed by atoms with van der Waals surface area (Å²) in [4.78, 5) is 0.969. The molecule has 0 bridgehead atoms. The zero-order chi connectivity index (χ0) is 6.85. The summed E-state index contributed by atoms with van der Waals surface area (Å²) in [6.07, 6.45) is 1.77. The van der Waals surface area contributed by atoms with Crippen LogP contribution in [0.15, 0.2) is 11.1 Å². The third-order valence-electron chi connectivity index (χ3n) is 1.38. The van der Waals surface area contributed by atoms with Gasteiger partial charge in [0.05, 0.1) is 6.20 Å². The van der Waals surface area contributed by atoms with Crippen LogP contribution in [0.1, 0.15) is 12.6 Å². The van der Waals surface area contributed by atoms with Crippen LogP contribution < -0.4 is 0 Å². The molecule has 0 radical (unpaired) electrons. The second kappa shape index (κ2) is 2.43. The summed E-state index contributed by atoms with van der Waals surface area (Å²) in [6.45, 7) is 5.00. The molecule has 1 aromatic heterocycles. The number of hydrogen-bond donors (Lipinski definition) is 1. The monoisotopic (exact) mass is 142 g/mol. The maximum Gasteiger partial charge on any atom is 0.0626 e. The lowest BCUT2D eigenvalue weighted by molar-refractivity contribution is 0.637. The molecule has 0 atom stereocenters. The van der Waals surface area contributed by atoms with Crippen LogP contribution in [0.4, 0.5) is 0 Å². The van der Waals surface area contributed by atoms with Crippen molar-refractivity contribution in [1.29, 1.82) is 0 Å². The largest absolute Gasteiger partial charge is 0.269 e. The number of thiol groups is 1. The van der Waals surface area contributed by atoms with Gasteiger partial charge in [-0.15, -0.1) is 12.6 Å². The number of rotatable bonds is 1. The van der Waals surface area contributed by atoms with Gasteiger partial charge in [-0.25, -0.2) is 0 Å². The third kappa shape index (κ3) is 1.10. The molecule has 0 unspecified atom stereocenters. The van der Waals surface area contributed by atoms with Crippen LogP contribution in [-0.4, -0.2) is 9.78 Å². The van der Waals surface area contributed by atoms with Gasteiger partial charge in [0, 0.05) is 17.1 Å². The third-order valence-corrected chi connectivity index (χ3v) is 1.82. The molecule has 0 N–H and O–H groups in total. The summed E-state index contributed by atoms with van der Waals surface area (Å²) in [5.74, 6) is 0. The first-order chi connectivity index (χ1) is 4.25. The van der Waals surface area contributed by atoms with E-state index in [2.05, 4.69) is 24.7 Å². The summed E-state index contributed by atoms with van der Waals surface area (Å²) in [7, 11) is 0. The lowest BCUT2D eigenvalue weighted by atomic mass is 10.5. The molecule has 50 valence electrons. The Bertz CT molecular complexity index is 205. The minimum atomic E-state index is 0.923. The fourth-order valence-corrected chi connectivity index (χ4v) is 0.923. The molecule has 3 heteroatoms. The van der Waals surface area contributed by atoms with Crippen LogP contribution in [-0.2, 0) is 6.54 Å². The highest BCUT2D eigenvalue weighted by atomic mass is 32.1. The van der Waals surface area contributed by atoms with Gasteiger partial charge in [-0.05, 0) is 13.8 Å². The molecule has 0 fully saturated rings. The first-order valence-electron chi connectivity index (χ1n) is 2.97. The second-order valence-corrected chi connectivity index (χ2v) is 2.41. The molecule has 1 rings (SSSR count). The molecule has 0 aliphatic rings. The van der Waals surface area contributed by atoms with E-state index < -0.39 is 0 Å². The van der Waals surface area contributed by atoms with Gasteiger partial charge in [0.2, 0.25) is 0 Å². The van der Waals surface area contributed by atoms with Crippen LogP contribution in [0.2, 0.25) is 0 Å². The van der Waals surface area contributed by atoms with Gasteiger partial charge in [-0.3, -0.25) is 4.68 Å². The lowest BCUT2D eigenvalue weighted by Crippen LogP contribution is -1.97. The number of aryl methyl sites for hydroxylation is 1.